The lowest BCUT2D eigenvalue weighted by Crippen LogP contribution is -2.09. The van der Waals surface area contributed by atoms with E-state index >= 15 is 0 Å². The van der Waals surface area contributed by atoms with Crippen molar-refractivity contribution < 1.29 is 13.2 Å². The van der Waals surface area contributed by atoms with Gasteiger partial charge in [0, 0.05) is 18.3 Å². The van der Waals surface area contributed by atoms with Crippen LogP contribution in [0.1, 0.15) is 11.3 Å². The quantitative estimate of drug-likeness (QED) is 0.797. The van der Waals surface area contributed by atoms with Crippen molar-refractivity contribution in [2.75, 3.05) is 6.54 Å². The summed E-state index contributed by atoms with van der Waals surface area (Å²) in [6.45, 7) is 0.201. The second-order valence-corrected chi connectivity index (χ2v) is 2.58. The summed E-state index contributed by atoms with van der Waals surface area (Å²) in [5, 5.41) is 0. The van der Waals surface area contributed by atoms with E-state index in [0.717, 1.165) is 6.20 Å². The summed E-state index contributed by atoms with van der Waals surface area (Å²) >= 11 is 0. The van der Waals surface area contributed by atoms with Gasteiger partial charge in [-0.05, 0) is 6.07 Å². The zero-order valence-corrected chi connectivity index (χ0v) is 7.25. The Morgan fingerprint density at radius 2 is 2.14 bits per heavy atom. The third-order valence-electron chi connectivity index (χ3n) is 1.54. The van der Waals surface area contributed by atoms with Crippen LogP contribution in [0.3, 0.4) is 0 Å². The van der Waals surface area contributed by atoms with E-state index in [9.17, 15) is 13.2 Å². The lowest BCUT2D eigenvalue weighted by Gasteiger charge is -2.07. The Kier molecular flexibility index (Phi) is 3.24. The van der Waals surface area contributed by atoms with Crippen molar-refractivity contribution in [1.29, 1.82) is 0 Å². The summed E-state index contributed by atoms with van der Waals surface area (Å²) in [4.78, 5) is 3.29. The van der Waals surface area contributed by atoms with E-state index in [1.54, 1.807) is 0 Å². The monoisotopic (exact) mass is 202 g/mol. The van der Waals surface area contributed by atoms with Gasteiger partial charge in [-0.25, -0.2) is 0 Å². The van der Waals surface area contributed by atoms with E-state index in [4.69, 9.17) is 5.73 Å². The Labute approximate surface area is 79.3 Å². The van der Waals surface area contributed by atoms with Gasteiger partial charge in [-0.1, -0.05) is 18.2 Å². The highest BCUT2D eigenvalue weighted by Gasteiger charge is 2.34. The van der Waals surface area contributed by atoms with Crippen LogP contribution in [0.15, 0.2) is 24.4 Å². The minimum Gasteiger partial charge on any atom is -0.327 e. The van der Waals surface area contributed by atoms with E-state index in [0.29, 0.717) is 0 Å². The lowest BCUT2D eigenvalue weighted by atomic mass is 10.1. The molecule has 0 aliphatic heterocycles. The summed E-state index contributed by atoms with van der Waals surface area (Å²) in [7, 11) is 0. The molecule has 0 saturated carbocycles. The van der Waals surface area contributed by atoms with Gasteiger partial charge >= 0.3 is 6.18 Å². The van der Waals surface area contributed by atoms with E-state index in [2.05, 4.69) is 4.98 Å². The number of hydrogen-bond donors (Lipinski definition) is 1. The number of rotatable bonds is 2. The molecule has 0 aliphatic rings. The van der Waals surface area contributed by atoms with Crippen LogP contribution in [0.5, 0.6) is 0 Å². The highest BCUT2D eigenvalue weighted by atomic mass is 19.4. The fourth-order valence-electron chi connectivity index (χ4n) is 0.984. The number of halogens is 3. The van der Waals surface area contributed by atoms with Gasteiger partial charge in [0.2, 0.25) is 0 Å². The van der Waals surface area contributed by atoms with Gasteiger partial charge in [-0.3, -0.25) is 4.98 Å². The first-order chi connectivity index (χ1) is 6.55. The Bertz CT molecular complexity index is 331. The molecule has 5 heteroatoms. The van der Waals surface area contributed by atoms with Crippen LogP contribution in [0, 0.1) is 0 Å². The number of aromatic nitrogens is 1. The van der Waals surface area contributed by atoms with Gasteiger partial charge in [0.05, 0.1) is 0 Å². The molecule has 0 fully saturated rings. The highest BCUT2D eigenvalue weighted by molar-refractivity contribution is 5.52. The van der Waals surface area contributed by atoms with Crippen LogP contribution in [0.2, 0.25) is 0 Å². The van der Waals surface area contributed by atoms with E-state index in [-0.39, 0.29) is 12.1 Å². The highest BCUT2D eigenvalue weighted by Crippen LogP contribution is 2.30. The van der Waals surface area contributed by atoms with E-state index in [1.807, 2.05) is 0 Å². The first kappa shape index (κ1) is 10.7. The van der Waals surface area contributed by atoms with Crippen LogP contribution >= 0.6 is 0 Å². The molecule has 1 heterocycles. The second-order valence-electron chi connectivity index (χ2n) is 2.58. The molecule has 1 aromatic rings. The Morgan fingerprint density at radius 3 is 2.71 bits per heavy atom. The van der Waals surface area contributed by atoms with Gasteiger partial charge in [-0.2, -0.15) is 13.2 Å². The molecular weight excluding hydrogens is 193 g/mol. The maximum Gasteiger partial charge on any atom is 0.433 e. The molecule has 0 radical (unpaired) electrons. The molecule has 0 aliphatic carbocycles. The maximum absolute atomic E-state index is 12.3. The number of nitrogens with zero attached hydrogens (tertiary/aromatic N) is 1. The zero-order chi connectivity index (χ0) is 10.6. The normalized spacial score (nSPS) is 12.3. The van der Waals surface area contributed by atoms with E-state index < -0.39 is 11.9 Å². The predicted octanol–water partition coefficient (Wildman–Crippen LogP) is 2.07. The smallest absolute Gasteiger partial charge is 0.327 e. The van der Waals surface area contributed by atoms with Crippen molar-refractivity contribution in [3.05, 3.63) is 35.7 Å². The fraction of sp³-hybridized carbons (Fsp3) is 0.222. The number of alkyl halides is 3. The molecule has 1 aromatic heterocycles. The largest absolute Gasteiger partial charge is 0.433 e. The standard InChI is InChI=1S/C9H9F3N2/c10-9(11,12)8-7(3-1-5-13)4-2-6-14-8/h1-4,6H,5,13H2/b3-1+. The molecule has 0 bridgehead atoms. The predicted molar refractivity (Wildman–Crippen MR) is 47.3 cm³/mol. The molecule has 0 spiro atoms. The maximum atomic E-state index is 12.3. The van der Waals surface area contributed by atoms with Crippen molar-refractivity contribution >= 4 is 6.08 Å². The van der Waals surface area contributed by atoms with Gasteiger partial charge < -0.3 is 5.73 Å². The molecule has 2 nitrogen and oxygen atoms in total. The molecule has 14 heavy (non-hydrogen) atoms. The Morgan fingerprint density at radius 1 is 1.43 bits per heavy atom. The van der Waals surface area contributed by atoms with Crippen molar-refractivity contribution in [1.82, 2.24) is 4.98 Å². The van der Waals surface area contributed by atoms with Gasteiger partial charge in [0.25, 0.3) is 0 Å². The summed E-state index contributed by atoms with van der Waals surface area (Å²) < 4.78 is 37.0. The summed E-state index contributed by atoms with van der Waals surface area (Å²) in [5.74, 6) is 0. The molecular formula is C9H9F3N2. The molecule has 76 valence electrons. The van der Waals surface area contributed by atoms with Crippen molar-refractivity contribution in [3.8, 4) is 0 Å². The molecule has 0 atom stereocenters. The van der Waals surface area contributed by atoms with E-state index in [1.165, 1.54) is 24.3 Å². The summed E-state index contributed by atoms with van der Waals surface area (Å²) in [5.41, 5.74) is 4.30. The molecule has 0 amide bonds. The minimum absolute atomic E-state index is 0.0328. The second kappa shape index (κ2) is 4.23. The van der Waals surface area contributed by atoms with Crippen molar-refractivity contribution in [2.24, 2.45) is 5.73 Å². The SMILES string of the molecule is NC/C=C/c1cccnc1C(F)(F)F. The van der Waals surface area contributed by atoms with Gasteiger partial charge in [0.1, 0.15) is 0 Å². The van der Waals surface area contributed by atoms with Crippen molar-refractivity contribution in [2.45, 2.75) is 6.18 Å². The Hall–Kier alpha value is -1.36. The molecule has 0 saturated heterocycles. The first-order valence-corrected chi connectivity index (χ1v) is 3.94. The van der Waals surface area contributed by atoms with Gasteiger partial charge in [-0.15, -0.1) is 0 Å². The average molecular weight is 202 g/mol. The molecule has 1 rings (SSSR count). The summed E-state index contributed by atoms with van der Waals surface area (Å²) in [6.07, 6.45) is -0.541. The minimum atomic E-state index is -4.42. The van der Waals surface area contributed by atoms with Crippen LogP contribution in [-0.4, -0.2) is 11.5 Å². The van der Waals surface area contributed by atoms with Crippen LogP contribution in [0.25, 0.3) is 6.08 Å². The Balaban J connectivity index is 3.10. The topological polar surface area (TPSA) is 38.9 Å². The van der Waals surface area contributed by atoms with Gasteiger partial charge in [0.15, 0.2) is 5.69 Å². The lowest BCUT2D eigenvalue weighted by molar-refractivity contribution is -0.141. The van der Waals surface area contributed by atoms with Crippen LogP contribution < -0.4 is 5.73 Å². The first-order valence-electron chi connectivity index (χ1n) is 3.94. The number of pyridine rings is 1. The van der Waals surface area contributed by atoms with Crippen molar-refractivity contribution in [3.63, 3.8) is 0 Å². The third-order valence-corrected chi connectivity index (χ3v) is 1.54. The molecule has 0 unspecified atom stereocenters. The van der Waals surface area contributed by atoms with Crippen LogP contribution in [-0.2, 0) is 6.18 Å². The third kappa shape index (κ3) is 2.56. The summed E-state index contributed by atoms with van der Waals surface area (Å²) in [6, 6.07) is 2.80. The number of nitrogens with two attached hydrogens (primary N) is 1. The fourth-order valence-corrected chi connectivity index (χ4v) is 0.984. The zero-order valence-electron chi connectivity index (χ0n) is 7.25. The average Bonchev–Trinajstić information content (AvgIpc) is 2.14. The molecule has 0 aromatic carbocycles. The molecule has 2 N–H and O–H groups in total. The number of hydrogen-bond acceptors (Lipinski definition) is 2. The van der Waals surface area contributed by atoms with Crippen LogP contribution in [0.4, 0.5) is 13.2 Å².